The van der Waals surface area contributed by atoms with Crippen LogP contribution in [0, 0.1) is 0 Å². The van der Waals surface area contributed by atoms with Crippen LogP contribution < -0.4 is 0 Å². The van der Waals surface area contributed by atoms with Crippen molar-refractivity contribution in [1.29, 1.82) is 0 Å². The van der Waals surface area contributed by atoms with Gasteiger partial charge < -0.3 is 0 Å². The molecular formula is C20H12O6S2. The highest BCUT2D eigenvalue weighted by molar-refractivity contribution is 7.86. The molecule has 0 aliphatic rings. The Morgan fingerprint density at radius 3 is 1.75 bits per heavy atom. The topological polar surface area (TPSA) is 109 Å². The van der Waals surface area contributed by atoms with Crippen LogP contribution in [-0.2, 0) is 20.2 Å². The van der Waals surface area contributed by atoms with Gasteiger partial charge in [-0.1, -0.05) is 30.3 Å². The van der Waals surface area contributed by atoms with Gasteiger partial charge in [0.15, 0.2) is 0 Å². The van der Waals surface area contributed by atoms with E-state index >= 15 is 0 Å². The van der Waals surface area contributed by atoms with E-state index in [0.29, 0.717) is 16.2 Å². The summed E-state index contributed by atoms with van der Waals surface area (Å²) in [6.45, 7) is 0. The van der Waals surface area contributed by atoms with E-state index in [0.717, 1.165) is 26.9 Å². The largest absolute Gasteiger partial charge is 0.295 e. The van der Waals surface area contributed by atoms with Crippen molar-refractivity contribution in [2.45, 2.75) is 9.79 Å². The van der Waals surface area contributed by atoms with Crippen LogP contribution in [-0.4, -0.2) is 25.9 Å². The molecule has 6 aromatic carbocycles. The third-order valence-electron chi connectivity index (χ3n) is 5.12. The van der Waals surface area contributed by atoms with Crippen LogP contribution in [0.3, 0.4) is 0 Å². The van der Waals surface area contributed by atoms with Gasteiger partial charge in [-0.15, -0.1) is 0 Å². The van der Waals surface area contributed by atoms with Crippen LogP contribution in [0.15, 0.2) is 70.5 Å². The fraction of sp³-hybridized carbons (Fsp3) is 0. The number of rotatable bonds is 2. The minimum atomic E-state index is -4.38. The van der Waals surface area contributed by atoms with Crippen LogP contribution in [0.25, 0.3) is 43.1 Å². The summed E-state index contributed by atoms with van der Waals surface area (Å²) < 4.78 is 65.5. The van der Waals surface area contributed by atoms with E-state index in [-0.39, 0.29) is 9.79 Å². The van der Waals surface area contributed by atoms with E-state index in [4.69, 9.17) is 0 Å². The quantitative estimate of drug-likeness (QED) is 0.332. The summed E-state index contributed by atoms with van der Waals surface area (Å²) in [5, 5.41) is 5.75. The minimum Gasteiger partial charge on any atom is -0.282 e. The molecule has 140 valence electrons. The normalized spacial score (nSPS) is 13.2. The monoisotopic (exact) mass is 412 g/mol. The first kappa shape index (κ1) is 17.3. The van der Waals surface area contributed by atoms with E-state index in [2.05, 4.69) is 0 Å². The van der Waals surface area contributed by atoms with Crippen LogP contribution in [0.2, 0.25) is 0 Å². The number of benzene rings is 6. The molecule has 0 spiro atoms. The third-order valence-corrected chi connectivity index (χ3v) is 6.88. The lowest BCUT2D eigenvalue weighted by atomic mass is 9.90. The zero-order chi connectivity index (χ0) is 19.8. The van der Waals surface area contributed by atoms with Gasteiger partial charge >= 0.3 is 0 Å². The molecule has 6 aromatic rings. The van der Waals surface area contributed by atoms with Crippen molar-refractivity contribution >= 4 is 63.3 Å². The van der Waals surface area contributed by atoms with Crippen LogP contribution in [0.4, 0.5) is 0 Å². The van der Waals surface area contributed by atoms with E-state index in [1.54, 1.807) is 24.3 Å². The summed E-state index contributed by atoms with van der Waals surface area (Å²) in [4.78, 5) is -0.345. The van der Waals surface area contributed by atoms with Gasteiger partial charge in [0.25, 0.3) is 20.2 Å². The van der Waals surface area contributed by atoms with E-state index < -0.39 is 20.2 Å². The molecule has 0 atom stereocenters. The Morgan fingerprint density at radius 2 is 1.11 bits per heavy atom. The molecule has 0 aliphatic heterocycles. The molecule has 0 aliphatic carbocycles. The summed E-state index contributed by atoms with van der Waals surface area (Å²) in [5.41, 5.74) is 0. The smallest absolute Gasteiger partial charge is 0.282 e. The molecule has 8 heteroatoms. The lowest BCUT2D eigenvalue weighted by Gasteiger charge is -2.15. The minimum absolute atomic E-state index is 0.161. The molecule has 0 saturated carbocycles. The molecular weight excluding hydrogens is 400 g/mol. The van der Waals surface area contributed by atoms with Crippen LogP contribution in [0.1, 0.15) is 0 Å². The van der Waals surface area contributed by atoms with Crippen molar-refractivity contribution in [3.05, 3.63) is 60.7 Å². The lowest BCUT2D eigenvalue weighted by Crippen LogP contribution is -1.99. The summed E-state index contributed by atoms with van der Waals surface area (Å²) in [6.07, 6.45) is 0. The van der Waals surface area contributed by atoms with Crippen LogP contribution in [0.5, 0.6) is 0 Å². The fourth-order valence-corrected chi connectivity index (χ4v) is 5.14. The molecule has 0 aromatic heterocycles. The van der Waals surface area contributed by atoms with Crippen molar-refractivity contribution < 1.29 is 25.9 Å². The van der Waals surface area contributed by atoms with Gasteiger partial charge in [0.2, 0.25) is 0 Å². The van der Waals surface area contributed by atoms with E-state index in [1.807, 2.05) is 18.2 Å². The number of hydrogen-bond acceptors (Lipinski definition) is 4. The Bertz CT molecular complexity index is 1650. The SMILES string of the molecule is O=S(=O)(O)c1ccc2c3ccc(c2c1)c1cc2cccc(S(=O)(=O)O)c2cc31. The third kappa shape index (κ3) is 2.39. The number of fused-ring (bicyclic) bond motifs is 2. The zero-order valence-electron chi connectivity index (χ0n) is 14.1. The Balaban J connectivity index is 1.99. The summed E-state index contributed by atoms with van der Waals surface area (Å²) in [7, 11) is -8.71. The highest BCUT2D eigenvalue weighted by Crippen LogP contribution is 2.40. The first-order valence-electron chi connectivity index (χ1n) is 8.24. The Morgan fingerprint density at radius 1 is 0.536 bits per heavy atom. The van der Waals surface area contributed by atoms with Gasteiger partial charge in [0.1, 0.15) is 4.90 Å². The lowest BCUT2D eigenvalue weighted by molar-refractivity contribution is 0.481. The van der Waals surface area contributed by atoms with Gasteiger partial charge in [-0.2, -0.15) is 16.8 Å². The van der Waals surface area contributed by atoms with Crippen molar-refractivity contribution in [1.82, 2.24) is 0 Å². The maximum absolute atomic E-state index is 11.8. The highest BCUT2D eigenvalue weighted by Gasteiger charge is 2.18. The van der Waals surface area contributed by atoms with Gasteiger partial charge in [0, 0.05) is 5.39 Å². The van der Waals surface area contributed by atoms with E-state index in [1.165, 1.54) is 18.2 Å². The second-order valence-corrected chi connectivity index (χ2v) is 9.50. The molecule has 0 radical (unpaired) electrons. The maximum atomic E-state index is 11.8. The summed E-state index contributed by atoms with van der Waals surface area (Å²) in [6, 6.07) is 16.3. The first-order chi connectivity index (χ1) is 13.1. The van der Waals surface area contributed by atoms with Gasteiger partial charge in [0.05, 0.1) is 4.90 Å². The maximum Gasteiger partial charge on any atom is 0.295 e. The molecule has 0 unspecified atom stereocenters. The van der Waals surface area contributed by atoms with Crippen molar-refractivity contribution in [3.8, 4) is 0 Å². The average Bonchev–Trinajstić information content (AvgIpc) is 2.64. The Hall–Kier alpha value is -2.78. The Kier molecular flexibility index (Phi) is 3.34. The molecule has 0 heterocycles. The predicted molar refractivity (Wildman–Crippen MR) is 107 cm³/mol. The Labute approximate surface area is 159 Å². The van der Waals surface area contributed by atoms with Crippen molar-refractivity contribution in [2.75, 3.05) is 0 Å². The van der Waals surface area contributed by atoms with Gasteiger partial charge in [-0.25, -0.2) is 0 Å². The van der Waals surface area contributed by atoms with Crippen molar-refractivity contribution in [2.24, 2.45) is 0 Å². The predicted octanol–water partition coefficient (Wildman–Crippen LogP) is 4.23. The molecule has 2 bridgehead atoms. The van der Waals surface area contributed by atoms with E-state index in [9.17, 15) is 25.9 Å². The van der Waals surface area contributed by atoms with Gasteiger partial charge in [-0.05, 0) is 68.0 Å². The first-order valence-corrected chi connectivity index (χ1v) is 11.1. The fourth-order valence-electron chi connectivity index (χ4n) is 3.92. The molecule has 6 rings (SSSR count). The number of hydrogen-bond donors (Lipinski definition) is 2. The average molecular weight is 412 g/mol. The highest BCUT2D eigenvalue weighted by atomic mass is 32.2. The summed E-state index contributed by atoms with van der Waals surface area (Å²) >= 11 is 0. The zero-order valence-corrected chi connectivity index (χ0v) is 15.8. The molecule has 2 N–H and O–H groups in total. The summed E-state index contributed by atoms with van der Waals surface area (Å²) in [5.74, 6) is 0. The molecule has 0 fully saturated rings. The van der Waals surface area contributed by atoms with Crippen LogP contribution >= 0.6 is 0 Å². The molecule has 0 amide bonds. The standard InChI is InChI=1S/C20H12O6S2/c21-27(22,23)12-4-5-13-14-6-7-15(18(13)9-12)17-8-11-2-1-3-20(28(24,25)26)16(11)10-19(14)17/h1-10H,(H,21,22,23)(H,24,25,26). The van der Waals surface area contributed by atoms with Crippen molar-refractivity contribution in [3.63, 3.8) is 0 Å². The molecule has 0 saturated heterocycles. The second kappa shape index (κ2) is 5.39. The van der Waals surface area contributed by atoms with Gasteiger partial charge in [-0.3, -0.25) is 9.11 Å². The second-order valence-electron chi connectivity index (χ2n) is 6.69. The molecule has 28 heavy (non-hydrogen) atoms. The molecule has 6 nitrogen and oxygen atoms in total.